The van der Waals surface area contributed by atoms with Crippen LogP contribution in [0.4, 0.5) is 4.79 Å². The number of nitrogens with zero attached hydrogens (tertiary/aromatic N) is 4. The number of furan rings is 1. The number of hydrogen-bond acceptors (Lipinski definition) is 4. The second-order valence-corrected chi connectivity index (χ2v) is 9.00. The highest BCUT2D eigenvalue weighted by atomic mass is 16.3. The Morgan fingerprint density at radius 3 is 2.73 bits per heavy atom. The van der Waals surface area contributed by atoms with Crippen LogP contribution in [0, 0.1) is 12.3 Å². The number of carbonyl (C=O) groups excluding carboxylic acids is 1. The van der Waals surface area contributed by atoms with E-state index in [0.29, 0.717) is 0 Å². The zero-order chi connectivity index (χ0) is 21.5. The summed E-state index contributed by atoms with van der Waals surface area (Å²) in [6.07, 6.45) is 4.95. The lowest BCUT2D eigenvalue weighted by Crippen LogP contribution is -2.43. The Balaban J connectivity index is 1.47. The maximum absolute atomic E-state index is 13.1. The highest BCUT2D eigenvalue weighted by molar-refractivity contribution is 5.75. The summed E-state index contributed by atoms with van der Waals surface area (Å²) in [5, 5.41) is 7.38. The van der Waals surface area contributed by atoms with Crippen LogP contribution < -0.4 is 5.32 Å². The van der Waals surface area contributed by atoms with Crippen LogP contribution in [0.15, 0.2) is 47.4 Å². The van der Waals surface area contributed by atoms with Gasteiger partial charge in [0, 0.05) is 19.0 Å². The van der Waals surface area contributed by atoms with Gasteiger partial charge in [-0.15, -0.1) is 0 Å². The lowest BCUT2D eigenvalue weighted by atomic mass is 9.75. The van der Waals surface area contributed by atoms with Crippen molar-refractivity contribution >= 4 is 6.03 Å². The van der Waals surface area contributed by atoms with Crippen molar-refractivity contribution in [2.75, 3.05) is 7.05 Å². The van der Waals surface area contributed by atoms with E-state index in [1.54, 1.807) is 15.9 Å². The number of fused-ring (bicyclic) bond motifs is 1. The first-order valence-electron chi connectivity index (χ1n) is 10.3. The quantitative estimate of drug-likeness (QED) is 0.687. The molecule has 7 nitrogen and oxygen atoms in total. The molecule has 2 amide bonds. The first-order valence-corrected chi connectivity index (χ1v) is 10.3. The van der Waals surface area contributed by atoms with Crippen LogP contribution in [0.2, 0.25) is 0 Å². The summed E-state index contributed by atoms with van der Waals surface area (Å²) in [7, 11) is 1.83. The van der Waals surface area contributed by atoms with Gasteiger partial charge >= 0.3 is 6.03 Å². The number of benzene rings is 1. The lowest BCUT2D eigenvalue weighted by Gasteiger charge is -2.36. The summed E-state index contributed by atoms with van der Waals surface area (Å²) in [5.41, 5.74) is 3.18. The monoisotopic (exact) mass is 407 g/mol. The van der Waals surface area contributed by atoms with Crippen LogP contribution in [0.1, 0.15) is 61.9 Å². The molecule has 0 saturated carbocycles. The molecule has 0 aliphatic heterocycles. The summed E-state index contributed by atoms with van der Waals surface area (Å²) in [4.78, 5) is 18.8. The molecule has 0 bridgehead atoms. The number of nitrogens with one attached hydrogen (secondary N) is 1. The minimum absolute atomic E-state index is 0.0435. The average Bonchev–Trinajstić information content (AvgIpc) is 3.35. The van der Waals surface area contributed by atoms with Crippen molar-refractivity contribution in [3.05, 3.63) is 65.6 Å². The Hall–Kier alpha value is -3.09. The zero-order valence-corrected chi connectivity index (χ0v) is 18.2. The van der Waals surface area contributed by atoms with Crippen LogP contribution in [0.3, 0.4) is 0 Å². The highest BCUT2D eigenvalue weighted by Crippen LogP contribution is 2.42. The van der Waals surface area contributed by atoms with Gasteiger partial charge in [-0.3, -0.25) is 0 Å². The third-order valence-electron chi connectivity index (χ3n) is 5.99. The average molecular weight is 408 g/mol. The first kappa shape index (κ1) is 20.2. The molecule has 0 unspecified atom stereocenters. The van der Waals surface area contributed by atoms with Gasteiger partial charge in [-0.05, 0) is 49.4 Å². The molecule has 1 N–H and O–H groups in total. The summed E-state index contributed by atoms with van der Waals surface area (Å²) in [6, 6.07) is 9.86. The number of aryl methyl sites for hydroxylation is 1. The minimum Gasteiger partial charge on any atom is -0.466 e. The molecule has 2 aromatic heterocycles. The van der Waals surface area contributed by atoms with Gasteiger partial charge in [0.05, 0.1) is 17.8 Å². The fourth-order valence-electron chi connectivity index (χ4n) is 4.21. The van der Waals surface area contributed by atoms with Gasteiger partial charge in [0.1, 0.15) is 24.2 Å². The Labute approximate surface area is 177 Å². The predicted octanol–water partition coefficient (Wildman–Crippen LogP) is 4.58. The van der Waals surface area contributed by atoms with Gasteiger partial charge in [-0.1, -0.05) is 26.0 Å². The summed E-state index contributed by atoms with van der Waals surface area (Å²) in [6.45, 7) is 8.43. The molecule has 2 heterocycles. The number of urea groups is 1. The van der Waals surface area contributed by atoms with Gasteiger partial charge in [0.25, 0.3) is 0 Å². The van der Waals surface area contributed by atoms with E-state index in [2.05, 4.69) is 35.3 Å². The molecular formula is C23H29N5O2. The molecule has 1 aliphatic carbocycles. The van der Waals surface area contributed by atoms with Crippen LogP contribution in [0.25, 0.3) is 5.69 Å². The van der Waals surface area contributed by atoms with E-state index < -0.39 is 0 Å². The van der Waals surface area contributed by atoms with E-state index in [0.717, 1.165) is 41.2 Å². The Morgan fingerprint density at radius 2 is 2.07 bits per heavy atom. The van der Waals surface area contributed by atoms with E-state index in [4.69, 9.17) is 4.42 Å². The molecular weight excluding hydrogens is 378 g/mol. The molecule has 1 aromatic carbocycles. The van der Waals surface area contributed by atoms with Gasteiger partial charge in [-0.25, -0.2) is 14.5 Å². The summed E-state index contributed by atoms with van der Waals surface area (Å²) < 4.78 is 7.60. The SMILES string of the molecule is Cc1cc2c(o1)CC(C)(C)C[C@@H]2NC(=O)N(C)[C@H](C)c1ccc(-n2cncn2)cc1. The number of aromatic nitrogens is 3. The number of rotatable bonds is 4. The Morgan fingerprint density at radius 1 is 1.33 bits per heavy atom. The Bertz CT molecular complexity index is 1020. The Kier molecular flexibility index (Phi) is 5.13. The fraction of sp³-hybridized carbons (Fsp3) is 0.435. The topological polar surface area (TPSA) is 76.2 Å². The van der Waals surface area contributed by atoms with Crippen molar-refractivity contribution in [2.45, 2.75) is 52.6 Å². The molecule has 30 heavy (non-hydrogen) atoms. The molecule has 1 aliphatic rings. The molecule has 0 spiro atoms. The maximum Gasteiger partial charge on any atom is 0.318 e. The molecule has 0 saturated heterocycles. The van der Waals surface area contributed by atoms with Crippen LogP contribution >= 0.6 is 0 Å². The normalized spacial score (nSPS) is 18.5. The molecule has 2 atom stereocenters. The fourth-order valence-corrected chi connectivity index (χ4v) is 4.21. The second kappa shape index (κ2) is 7.63. The van der Waals surface area contributed by atoms with E-state index in [1.807, 2.05) is 45.2 Å². The second-order valence-electron chi connectivity index (χ2n) is 9.00. The van der Waals surface area contributed by atoms with Crippen LogP contribution in [0.5, 0.6) is 0 Å². The van der Waals surface area contributed by atoms with Crippen molar-refractivity contribution < 1.29 is 9.21 Å². The molecule has 158 valence electrons. The number of carbonyl (C=O) groups is 1. The van der Waals surface area contributed by atoms with Crippen molar-refractivity contribution in [3.63, 3.8) is 0 Å². The van der Waals surface area contributed by atoms with Crippen molar-refractivity contribution in [3.8, 4) is 5.69 Å². The van der Waals surface area contributed by atoms with Crippen molar-refractivity contribution in [1.82, 2.24) is 25.0 Å². The van der Waals surface area contributed by atoms with Crippen molar-refractivity contribution in [1.29, 1.82) is 0 Å². The van der Waals surface area contributed by atoms with Gasteiger partial charge in [0.15, 0.2) is 0 Å². The maximum atomic E-state index is 13.1. The van der Waals surface area contributed by atoms with E-state index in [-0.39, 0.29) is 23.5 Å². The van der Waals surface area contributed by atoms with Gasteiger partial charge in [-0.2, -0.15) is 5.10 Å². The first-order chi connectivity index (χ1) is 14.2. The zero-order valence-electron chi connectivity index (χ0n) is 18.2. The largest absolute Gasteiger partial charge is 0.466 e. The number of hydrogen-bond donors (Lipinski definition) is 1. The molecule has 7 heteroatoms. The van der Waals surface area contributed by atoms with E-state index >= 15 is 0 Å². The third kappa shape index (κ3) is 3.97. The van der Waals surface area contributed by atoms with Gasteiger partial charge in [0.2, 0.25) is 0 Å². The molecule has 3 aromatic rings. The molecule has 4 rings (SSSR count). The number of amides is 2. The summed E-state index contributed by atoms with van der Waals surface area (Å²) in [5.74, 6) is 1.89. The molecule has 0 fully saturated rings. The third-order valence-corrected chi connectivity index (χ3v) is 5.99. The lowest BCUT2D eigenvalue weighted by molar-refractivity contribution is 0.178. The van der Waals surface area contributed by atoms with Gasteiger partial charge < -0.3 is 14.6 Å². The van der Waals surface area contributed by atoms with E-state index in [1.165, 1.54) is 6.33 Å². The van der Waals surface area contributed by atoms with Crippen molar-refractivity contribution in [2.24, 2.45) is 5.41 Å². The van der Waals surface area contributed by atoms with Crippen LogP contribution in [-0.2, 0) is 6.42 Å². The minimum atomic E-state index is -0.0876. The highest BCUT2D eigenvalue weighted by Gasteiger charge is 2.36. The summed E-state index contributed by atoms with van der Waals surface area (Å²) >= 11 is 0. The standard InChI is InChI=1S/C23H29N5O2/c1-15-10-19-20(11-23(3,4)12-21(19)30-15)26-22(29)27(5)16(2)17-6-8-18(9-7-17)28-14-24-13-25-28/h6-10,13-14,16,20H,11-12H2,1-5H3,(H,26,29)/t16-,20+/m1/s1. The van der Waals surface area contributed by atoms with Crippen LogP contribution in [-0.4, -0.2) is 32.7 Å². The predicted molar refractivity (Wildman–Crippen MR) is 114 cm³/mol. The van der Waals surface area contributed by atoms with E-state index in [9.17, 15) is 4.79 Å². The molecule has 0 radical (unpaired) electrons. The smallest absolute Gasteiger partial charge is 0.318 e.